The molecule has 2 heterocycles. The number of nitrogens with zero attached hydrogens (tertiary/aromatic N) is 1. The summed E-state index contributed by atoms with van der Waals surface area (Å²) in [6, 6.07) is 2.03. The maximum absolute atomic E-state index is 12.7. The zero-order valence-electron chi connectivity index (χ0n) is 14.3. The lowest BCUT2D eigenvalue weighted by atomic mass is 9.88. The Morgan fingerprint density at radius 3 is 2.88 bits per heavy atom. The summed E-state index contributed by atoms with van der Waals surface area (Å²) in [6.45, 7) is 2.86. The molecule has 0 radical (unpaired) electrons. The number of aryl methyl sites for hydroxylation is 1. The van der Waals surface area contributed by atoms with E-state index in [0.717, 1.165) is 50.1 Å². The van der Waals surface area contributed by atoms with Gasteiger partial charge in [0.25, 0.3) is 5.91 Å². The lowest BCUT2D eigenvalue weighted by Crippen LogP contribution is -2.35. The van der Waals surface area contributed by atoms with Crippen molar-refractivity contribution in [2.45, 2.75) is 38.5 Å². The molecule has 1 saturated heterocycles. The van der Waals surface area contributed by atoms with Gasteiger partial charge >= 0.3 is 0 Å². The van der Waals surface area contributed by atoms with Crippen LogP contribution in [-0.2, 0) is 22.4 Å². The highest BCUT2D eigenvalue weighted by atomic mass is 32.1. The normalized spacial score (nSPS) is 20.5. The van der Waals surface area contributed by atoms with Crippen molar-refractivity contribution in [2.24, 2.45) is 5.92 Å². The summed E-state index contributed by atoms with van der Waals surface area (Å²) in [5.41, 5.74) is 1.19. The molecule has 2 aliphatic rings. The molecule has 6 heteroatoms. The molecule has 0 unspecified atom stereocenters. The van der Waals surface area contributed by atoms with Crippen LogP contribution in [0.25, 0.3) is 0 Å². The van der Waals surface area contributed by atoms with E-state index in [1.807, 2.05) is 11.0 Å². The molecule has 1 aromatic rings. The fourth-order valence-corrected chi connectivity index (χ4v) is 4.70. The van der Waals surface area contributed by atoms with Crippen molar-refractivity contribution in [2.75, 3.05) is 33.4 Å². The van der Waals surface area contributed by atoms with Gasteiger partial charge in [-0.1, -0.05) is 0 Å². The summed E-state index contributed by atoms with van der Waals surface area (Å²) in [6.07, 6.45) is 5.96. The monoisotopic (exact) mass is 350 g/mol. The van der Waals surface area contributed by atoms with Crippen LogP contribution in [-0.4, -0.2) is 50.1 Å². The van der Waals surface area contributed by atoms with Crippen LogP contribution in [0.3, 0.4) is 0 Å². The van der Waals surface area contributed by atoms with Crippen LogP contribution in [0, 0.1) is 5.92 Å². The Bertz CT molecular complexity index is 593. The number of carbonyl (C=O) groups excluding carboxylic acids is 2. The van der Waals surface area contributed by atoms with E-state index in [1.165, 1.54) is 16.9 Å². The number of methoxy groups -OCH3 is 1. The van der Waals surface area contributed by atoms with E-state index in [2.05, 4.69) is 5.32 Å². The highest BCUT2D eigenvalue weighted by Crippen LogP contribution is 2.33. The minimum atomic E-state index is 0.0156. The van der Waals surface area contributed by atoms with Crippen molar-refractivity contribution >= 4 is 23.2 Å². The first kappa shape index (κ1) is 17.4. The molecule has 1 aliphatic carbocycles. The number of hydrogen-bond donors (Lipinski definition) is 1. The molecular formula is C18H26N2O3S. The molecule has 1 aliphatic heterocycles. The highest BCUT2D eigenvalue weighted by Gasteiger charge is 2.28. The first-order valence-electron chi connectivity index (χ1n) is 8.86. The third kappa shape index (κ3) is 3.98. The molecule has 1 N–H and O–H groups in total. The number of rotatable bonds is 5. The molecular weight excluding hydrogens is 324 g/mol. The van der Waals surface area contributed by atoms with Gasteiger partial charge in [0, 0.05) is 37.5 Å². The van der Waals surface area contributed by atoms with Crippen LogP contribution in [0.2, 0.25) is 0 Å². The fourth-order valence-electron chi connectivity index (χ4n) is 3.53. The molecule has 2 amide bonds. The van der Waals surface area contributed by atoms with Crippen molar-refractivity contribution < 1.29 is 14.3 Å². The number of nitrogens with one attached hydrogen (secondary N) is 1. The molecule has 0 saturated carbocycles. The quantitative estimate of drug-likeness (QED) is 0.829. The van der Waals surface area contributed by atoms with E-state index in [-0.39, 0.29) is 17.7 Å². The minimum absolute atomic E-state index is 0.0156. The number of fused-ring (bicyclic) bond motifs is 1. The van der Waals surface area contributed by atoms with Crippen molar-refractivity contribution in [3.05, 3.63) is 21.4 Å². The number of carbonyl (C=O) groups is 2. The molecule has 24 heavy (non-hydrogen) atoms. The number of likely N-dealkylation sites (tertiary alicyclic amines) is 1. The molecule has 1 aromatic heterocycles. The van der Waals surface area contributed by atoms with Crippen molar-refractivity contribution in [1.82, 2.24) is 10.2 Å². The second-order valence-electron chi connectivity index (χ2n) is 6.64. The van der Waals surface area contributed by atoms with Crippen LogP contribution in [0.4, 0.5) is 0 Å². The molecule has 0 spiro atoms. The van der Waals surface area contributed by atoms with E-state index >= 15 is 0 Å². The lowest BCUT2D eigenvalue weighted by molar-refractivity contribution is -0.125. The topological polar surface area (TPSA) is 58.6 Å². The van der Waals surface area contributed by atoms with Gasteiger partial charge < -0.3 is 15.0 Å². The molecule has 1 atom stereocenters. The number of ether oxygens (including phenoxy) is 1. The predicted molar refractivity (Wildman–Crippen MR) is 94.5 cm³/mol. The van der Waals surface area contributed by atoms with Gasteiger partial charge in [0.2, 0.25) is 5.91 Å². The second-order valence-corrected chi connectivity index (χ2v) is 7.77. The maximum Gasteiger partial charge on any atom is 0.263 e. The van der Waals surface area contributed by atoms with E-state index < -0.39 is 0 Å². The third-order valence-electron chi connectivity index (χ3n) is 4.91. The first-order valence-corrected chi connectivity index (χ1v) is 9.68. The fraction of sp³-hybridized carbons (Fsp3) is 0.667. The first-order chi connectivity index (χ1) is 11.7. The smallest absolute Gasteiger partial charge is 0.263 e. The van der Waals surface area contributed by atoms with Gasteiger partial charge in [-0.25, -0.2) is 0 Å². The van der Waals surface area contributed by atoms with E-state index in [4.69, 9.17) is 4.74 Å². The van der Waals surface area contributed by atoms with E-state index in [0.29, 0.717) is 13.2 Å². The molecule has 0 aromatic carbocycles. The zero-order valence-corrected chi connectivity index (χ0v) is 15.1. The van der Waals surface area contributed by atoms with Crippen LogP contribution in [0.5, 0.6) is 0 Å². The van der Waals surface area contributed by atoms with Gasteiger partial charge in [0.15, 0.2) is 0 Å². The largest absolute Gasteiger partial charge is 0.383 e. The summed E-state index contributed by atoms with van der Waals surface area (Å²) in [4.78, 5) is 29.0. The van der Waals surface area contributed by atoms with Crippen LogP contribution < -0.4 is 5.32 Å². The summed E-state index contributed by atoms with van der Waals surface area (Å²) < 4.78 is 4.97. The average Bonchev–Trinajstić information content (AvgIpc) is 3.05. The summed E-state index contributed by atoms with van der Waals surface area (Å²) in [7, 11) is 1.63. The van der Waals surface area contributed by atoms with E-state index in [1.54, 1.807) is 18.4 Å². The van der Waals surface area contributed by atoms with Gasteiger partial charge in [-0.3, -0.25) is 9.59 Å². The number of hydrogen-bond acceptors (Lipinski definition) is 4. The Balaban J connectivity index is 1.62. The van der Waals surface area contributed by atoms with Crippen molar-refractivity contribution in [1.29, 1.82) is 0 Å². The Kier molecular flexibility index (Phi) is 5.89. The van der Waals surface area contributed by atoms with Crippen molar-refractivity contribution in [3.8, 4) is 0 Å². The predicted octanol–water partition coefficient (Wildman–Crippen LogP) is 2.24. The van der Waals surface area contributed by atoms with Gasteiger partial charge in [-0.15, -0.1) is 11.3 Å². The third-order valence-corrected chi connectivity index (χ3v) is 6.14. The molecule has 1 fully saturated rings. The molecule has 5 nitrogen and oxygen atoms in total. The van der Waals surface area contributed by atoms with Gasteiger partial charge in [0.1, 0.15) is 0 Å². The van der Waals surface area contributed by atoms with Gasteiger partial charge in [0.05, 0.1) is 11.5 Å². The van der Waals surface area contributed by atoms with Crippen LogP contribution in [0.1, 0.15) is 45.8 Å². The molecule has 3 rings (SSSR count). The lowest BCUT2D eigenvalue weighted by Gasteiger charge is -2.26. The zero-order chi connectivity index (χ0) is 16.9. The van der Waals surface area contributed by atoms with E-state index in [9.17, 15) is 9.59 Å². The second kappa shape index (κ2) is 8.12. The standard InChI is InChI=1S/C18H26N2O3S/c1-23-10-7-19-17(21)13-5-6-15-14(11-13)12-16(24-15)18(22)20-8-3-2-4-9-20/h12-13H,2-11H2,1H3,(H,19,21)/t13-/m0/s1. The van der Waals surface area contributed by atoms with Gasteiger partial charge in [-0.05, 0) is 50.2 Å². The Morgan fingerprint density at radius 2 is 2.12 bits per heavy atom. The maximum atomic E-state index is 12.7. The van der Waals surface area contributed by atoms with Crippen LogP contribution >= 0.6 is 11.3 Å². The Hall–Kier alpha value is -1.40. The highest BCUT2D eigenvalue weighted by molar-refractivity contribution is 7.14. The summed E-state index contributed by atoms with van der Waals surface area (Å²) in [5.74, 6) is 0.296. The SMILES string of the molecule is COCCNC(=O)[C@H]1CCc2sc(C(=O)N3CCCCC3)cc2C1. The molecule has 132 valence electrons. The number of amides is 2. The Labute approximate surface area is 147 Å². The van der Waals surface area contributed by atoms with Crippen LogP contribution in [0.15, 0.2) is 6.07 Å². The average molecular weight is 350 g/mol. The van der Waals surface area contributed by atoms with Gasteiger partial charge in [-0.2, -0.15) is 0 Å². The number of piperidine rings is 1. The molecule has 0 bridgehead atoms. The summed E-state index contributed by atoms with van der Waals surface area (Å²) >= 11 is 1.63. The summed E-state index contributed by atoms with van der Waals surface area (Å²) in [5, 5.41) is 2.93. The number of thiophene rings is 1. The Morgan fingerprint density at radius 1 is 1.33 bits per heavy atom. The van der Waals surface area contributed by atoms with Crippen molar-refractivity contribution in [3.63, 3.8) is 0 Å². The minimum Gasteiger partial charge on any atom is -0.383 e.